The highest BCUT2D eigenvalue weighted by Crippen LogP contribution is 2.09. The summed E-state index contributed by atoms with van der Waals surface area (Å²) in [5, 5.41) is 3.64. The molecule has 1 atom stereocenters. The van der Waals surface area contributed by atoms with Gasteiger partial charge in [-0.25, -0.2) is 0 Å². The number of benzene rings is 1. The van der Waals surface area contributed by atoms with E-state index in [1.807, 2.05) is 0 Å². The highest BCUT2D eigenvalue weighted by Gasteiger charge is 2.12. The Morgan fingerprint density at radius 1 is 1.05 bits per heavy atom. The third kappa shape index (κ3) is 4.96. The summed E-state index contributed by atoms with van der Waals surface area (Å²) in [6.07, 6.45) is 5.30. The SMILES string of the molecule is CCc1ccc(CN[C@H](C)CN2CCCCC2)cc1. The molecule has 1 N–H and O–H groups in total. The molecule has 0 saturated carbocycles. The Bertz CT molecular complexity index is 352. The monoisotopic (exact) mass is 260 g/mol. The first-order valence-electron chi connectivity index (χ1n) is 7.81. The number of nitrogens with zero attached hydrogens (tertiary/aromatic N) is 1. The molecule has 19 heavy (non-hydrogen) atoms. The number of nitrogens with one attached hydrogen (secondary N) is 1. The van der Waals surface area contributed by atoms with E-state index in [-0.39, 0.29) is 0 Å². The third-order valence-electron chi connectivity index (χ3n) is 4.07. The molecule has 1 heterocycles. The molecule has 1 saturated heterocycles. The fourth-order valence-electron chi connectivity index (χ4n) is 2.78. The van der Waals surface area contributed by atoms with Gasteiger partial charge in [0.05, 0.1) is 0 Å². The molecule has 1 aliphatic heterocycles. The van der Waals surface area contributed by atoms with E-state index in [0.717, 1.165) is 13.0 Å². The minimum atomic E-state index is 0.573. The molecule has 1 aliphatic rings. The van der Waals surface area contributed by atoms with Crippen LogP contribution in [0, 0.1) is 0 Å². The van der Waals surface area contributed by atoms with Gasteiger partial charge in [0.15, 0.2) is 0 Å². The zero-order chi connectivity index (χ0) is 13.5. The van der Waals surface area contributed by atoms with Crippen molar-refractivity contribution < 1.29 is 0 Å². The number of rotatable bonds is 6. The minimum absolute atomic E-state index is 0.573. The number of likely N-dealkylation sites (tertiary alicyclic amines) is 1. The molecular formula is C17H28N2. The van der Waals surface area contributed by atoms with Crippen molar-refractivity contribution in [3.63, 3.8) is 0 Å². The molecule has 1 fully saturated rings. The van der Waals surface area contributed by atoms with Gasteiger partial charge in [-0.1, -0.05) is 37.6 Å². The summed E-state index contributed by atoms with van der Waals surface area (Å²) >= 11 is 0. The first-order valence-corrected chi connectivity index (χ1v) is 7.81. The summed E-state index contributed by atoms with van der Waals surface area (Å²) in [6, 6.07) is 9.56. The summed E-state index contributed by atoms with van der Waals surface area (Å²) in [4.78, 5) is 2.60. The van der Waals surface area contributed by atoms with Gasteiger partial charge in [0, 0.05) is 19.1 Å². The normalized spacial score (nSPS) is 18.4. The fraction of sp³-hybridized carbons (Fsp3) is 0.647. The lowest BCUT2D eigenvalue weighted by Crippen LogP contribution is -2.41. The van der Waals surface area contributed by atoms with Crippen LogP contribution in [0.3, 0.4) is 0 Å². The number of hydrogen-bond acceptors (Lipinski definition) is 2. The van der Waals surface area contributed by atoms with Crippen LogP contribution in [0.25, 0.3) is 0 Å². The van der Waals surface area contributed by atoms with Crippen molar-refractivity contribution in [1.82, 2.24) is 10.2 Å². The number of aryl methyl sites for hydroxylation is 1. The first kappa shape index (κ1) is 14.5. The lowest BCUT2D eigenvalue weighted by atomic mass is 10.1. The van der Waals surface area contributed by atoms with Gasteiger partial charge in [0.2, 0.25) is 0 Å². The maximum absolute atomic E-state index is 3.64. The van der Waals surface area contributed by atoms with Crippen LogP contribution in [0.2, 0.25) is 0 Å². The van der Waals surface area contributed by atoms with Gasteiger partial charge in [0.25, 0.3) is 0 Å². The highest BCUT2D eigenvalue weighted by molar-refractivity contribution is 5.22. The van der Waals surface area contributed by atoms with E-state index < -0.39 is 0 Å². The second-order valence-electron chi connectivity index (χ2n) is 5.81. The van der Waals surface area contributed by atoms with Crippen molar-refractivity contribution in [3.8, 4) is 0 Å². The highest BCUT2D eigenvalue weighted by atomic mass is 15.1. The summed E-state index contributed by atoms with van der Waals surface area (Å²) in [5.74, 6) is 0. The van der Waals surface area contributed by atoms with E-state index in [1.165, 1.54) is 50.0 Å². The Morgan fingerprint density at radius 2 is 1.68 bits per heavy atom. The topological polar surface area (TPSA) is 15.3 Å². The Balaban J connectivity index is 1.71. The van der Waals surface area contributed by atoms with Gasteiger partial charge in [-0.3, -0.25) is 0 Å². The van der Waals surface area contributed by atoms with Crippen LogP contribution < -0.4 is 5.32 Å². The molecule has 0 amide bonds. The fourth-order valence-corrected chi connectivity index (χ4v) is 2.78. The zero-order valence-electron chi connectivity index (χ0n) is 12.5. The second kappa shape index (κ2) is 7.66. The van der Waals surface area contributed by atoms with Crippen molar-refractivity contribution in [2.75, 3.05) is 19.6 Å². The maximum Gasteiger partial charge on any atom is 0.0208 e. The Labute approximate surface area is 118 Å². The van der Waals surface area contributed by atoms with E-state index in [1.54, 1.807) is 0 Å². The predicted octanol–water partition coefficient (Wildman–Crippen LogP) is 3.21. The minimum Gasteiger partial charge on any atom is -0.309 e. The van der Waals surface area contributed by atoms with Crippen LogP contribution in [0.4, 0.5) is 0 Å². The molecule has 1 aromatic carbocycles. The summed E-state index contributed by atoms with van der Waals surface area (Å²) in [7, 11) is 0. The second-order valence-corrected chi connectivity index (χ2v) is 5.81. The van der Waals surface area contributed by atoms with E-state index >= 15 is 0 Å². The van der Waals surface area contributed by atoms with Crippen molar-refractivity contribution >= 4 is 0 Å². The molecule has 0 radical (unpaired) electrons. The van der Waals surface area contributed by atoms with Crippen molar-refractivity contribution in [2.24, 2.45) is 0 Å². The van der Waals surface area contributed by atoms with E-state index in [9.17, 15) is 0 Å². The average Bonchev–Trinajstić information content (AvgIpc) is 2.47. The molecule has 0 spiro atoms. The van der Waals surface area contributed by atoms with Crippen molar-refractivity contribution in [2.45, 2.75) is 52.1 Å². The van der Waals surface area contributed by atoms with Crippen LogP contribution in [0.1, 0.15) is 44.2 Å². The van der Waals surface area contributed by atoms with Gasteiger partial charge in [-0.15, -0.1) is 0 Å². The van der Waals surface area contributed by atoms with Crippen LogP contribution in [0.5, 0.6) is 0 Å². The Morgan fingerprint density at radius 3 is 2.32 bits per heavy atom. The van der Waals surface area contributed by atoms with Crippen molar-refractivity contribution in [1.29, 1.82) is 0 Å². The van der Waals surface area contributed by atoms with E-state index in [2.05, 4.69) is 48.3 Å². The van der Waals surface area contributed by atoms with E-state index in [0.29, 0.717) is 6.04 Å². The summed E-state index contributed by atoms with van der Waals surface area (Å²) in [6.45, 7) is 9.25. The Hall–Kier alpha value is -0.860. The van der Waals surface area contributed by atoms with Crippen LogP contribution in [0.15, 0.2) is 24.3 Å². The number of hydrogen-bond donors (Lipinski definition) is 1. The van der Waals surface area contributed by atoms with Gasteiger partial charge < -0.3 is 10.2 Å². The molecular weight excluding hydrogens is 232 g/mol. The van der Waals surface area contributed by atoms with Gasteiger partial charge in [-0.2, -0.15) is 0 Å². The van der Waals surface area contributed by atoms with Crippen molar-refractivity contribution in [3.05, 3.63) is 35.4 Å². The zero-order valence-corrected chi connectivity index (χ0v) is 12.5. The molecule has 0 aliphatic carbocycles. The number of piperidine rings is 1. The molecule has 106 valence electrons. The van der Waals surface area contributed by atoms with Crippen LogP contribution >= 0.6 is 0 Å². The van der Waals surface area contributed by atoms with Gasteiger partial charge >= 0.3 is 0 Å². The summed E-state index contributed by atoms with van der Waals surface area (Å²) in [5.41, 5.74) is 2.81. The average molecular weight is 260 g/mol. The molecule has 0 unspecified atom stereocenters. The molecule has 2 heteroatoms. The standard InChI is InChI=1S/C17H28N2/c1-3-16-7-9-17(10-8-16)13-18-15(2)14-19-11-5-4-6-12-19/h7-10,15,18H,3-6,11-14H2,1-2H3/t15-/m1/s1. The molecule has 2 rings (SSSR count). The smallest absolute Gasteiger partial charge is 0.0208 e. The first-order chi connectivity index (χ1) is 9.28. The Kier molecular flexibility index (Phi) is 5.87. The molecule has 0 aromatic heterocycles. The lowest BCUT2D eigenvalue weighted by Gasteiger charge is -2.29. The van der Waals surface area contributed by atoms with Gasteiger partial charge in [0.1, 0.15) is 0 Å². The quantitative estimate of drug-likeness (QED) is 0.845. The van der Waals surface area contributed by atoms with Crippen LogP contribution in [-0.2, 0) is 13.0 Å². The summed E-state index contributed by atoms with van der Waals surface area (Å²) < 4.78 is 0. The molecule has 2 nitrogen and oxygen atoms in total. The van der Waals surface area contributed by atoms with Gasteiger partial charge in [-0.05, 0) is 50.4 Å². The third-order valence-corrected chi connectivity index (χ3v) is 4.07. The largest absolute Gasteiger partial charge is 0.309 e. The van der Waals surface area contributed by atoms with Crippen LogP contribution in [-0.4, -0.2) is 30.6 Å². The van der Waals surface area contributed by atoms with E-state index in [4.69, 9.17) is 0 Å². The molecule has 1 aromatic rings. The molecule has 0 bridgehead atoms. The maximum atomic E-state index is 3.64. The predicted molar refractivity (Wildman–Crippen MR) is 82.4 cm³/mol. The lowest BCUT2D eigenvalue weighted by molar-refractivity contribution is 0.209.